The Morgan fingerprint density at radius 3 is 2.67 bits per heavy atom. The summed E-state index contributed by atoms with van der Waals surface area (Å²) in [5.74, 6) is 0.779. The summed E-state index contributed by atoms with van der Waals surface area (Å²) in [4.78, 5) is 30.5. The van der Waals surface area contributed by atoms with Crippen molar-refractivity contribution in [3.63, 3.8) is 0 Å². The van der Waals surface area contributed by atoms with Gasteiger partial charge in [-0.1, -0.05) is 6.07 Å². The van der Waals surface area contributed by atoms with Gasteiger partial charge >= 0.3 is 5.69 Å². The second kappa shape index (κ2) is 7.77. The summed E-state index contributed by atoms with van der Waals surface area (Å²) >= 11 is 0. The number of hydrogen-bond donors (Lipinski definition) is 2. The molecule has 3 rings (SSSR count). The summed E-state index contributed by atoms with van der Waals surface area (Å²) in [5, 5.41) is 10.4. The molecule has 0 bridgehead atoms. The zero-order valence-electron chi connectivity index (χ0n) is 14.9. The zero-order chi connectivity index (χ0) is 19.4. The molecule has 8 nitrogen and oxygen atoms in total. The zero-order valence-corrected chi connectivity index (χ0v) is 14.9. The average Bonchev–Trinajstić information content (AvgIpc) is 3.18. The van der Waals surface area contributed by atoms with Crippen molar-refractivity contribution in [2.45, 2.75) is 13.0 Å². The first-order chi connectivity index (χ1) is 13.0. The van der Waals surface area contributed by atoms with E-state index in [1.807, 2.05) is 6.07 Å². The van der Waals surface area contributed by atoms with E-state index in [1.165, 1.54) is 6.08 Å². The lowest BCUT2D eigenvalue weighted by Crippen LogP contribution is -2.31. The lowest BCUT2D eigenvalue weighted by molar-refractivity contribution is 0.354. The van der Waals surface area contributed by atoms with Crippen LogP contribution in [0.1, 0.15) is 11.1 Å². The Labute approximate surface area is 154 Å². The van der Waals surface area contributed by atoms with E-state index >= 15 is 0 Å². The van der Waals surface area contributed by atoms with Crippen molar-refractivity contribution < 1.29 is 14.6 Å². The van der Waals surface area contributed by atoms with Crippen molar-refractivity contribution in [2.75, 3.05) is 14.2 Å². The number of hydrogen-bond acceptors (Lipinski definition) is 6. The van der Waals surface area contributed by atoms with Gasteiger partial charge in [-0.15, -0.1) is 0 Å². The van der Waals surface area contributed by atoms with Crippen LogP contribution >= 0.6 is 0 Å². The second-order valence-corrected chi connectivity index (χ2v) is 5.79. The average molecular weight is 369 g/mol. The fourth-order valence-corrected chi connectivity index (χ4v) is 2.74. The molecule has 140 valence electrons. The largest absolute Gasteiger partial charge is 0.494 e. The summed E-state index contributed by atoms with van der Waals surface area (Å²) in [6, 6.07) is 5.41. The lowest BCUT2D eigenvalue weighted by Gasteiger charge is -2.12. The molecular formula is C19H19N3O5. The number of benzene rings is 1. The van der Waals surface area contributed by atoms with Crippen LogP contribution in [0.4, 0.5) is 0 Å². The van der Waals surface area contributed by atoms with Gasteiger partial charge in [0, 0.05) is 12.8 Å². The molecule has 1 aromatic carbocycles. The van der Waals surface area contributed by atoms with E-state index in [-0.39, 0.29) is 12.1 Å². The standard InChI is InChI=1S/C19H19N3O5/c1-26-15-6-5-12(10-16(15)27-2)7-9-22-18(24)14(17(23)21-19(22)25)11-13-4-3-8-20-13/h3-6,8,10-11,24H,7,9H2,1-2H3,(H,21,23,25). The Morgan fingerprint density at radius 2 is 2.00 bits per heavy atom. The van der Waals surface area contributed by atoms with E-state index in [2.05, 4.69) is 9.98 Å². The number of aromatic amines is 1. The number of aliphatic imine (C=N–C) groups is 1. The van der Waals surface area contributed by atoms with Crippen LogP contribution in [0.25, 0.3) is 6.08 Å². The fraction of sp³-hybridized carbons (Fsp3) is 0.211. The molecule has 8 heteroatoms. The summed E-state index contributed by atoms with van der Waals surface area (Å²) in [6.07, 6.45) is 6.85. The third-order valence-corrected chi connectivity index (χ3v) is 4.15. The molecule has 0 spiro atoms. The monoisotopic (exact) mass is 369 g/mol. The third kappa shape index (κ3) is 3.84. The maximum atomic E-state index is 12.1. The fourth-order valence-electron chi connectivity index (χ4n) is 2.74. The number of nitrogens with one attached hydrogen (secondary N) is 1. The number of ether oxygens (including phenoxy) is 2. The molecule has 0 atom stereocenters. The molecule has 1 aliphatic rings. The van der Waals surface area contributed by atoms with Gasteiger partial charge in [-0.25, -0.2) is 4.79 Å². The van der Waals surface area contributed by atoms with Gasteiger partial charge in [0.2, 0.25) is 5.88 Å². The topological polar surface area (TPSA) is 106 Å². The van der Waals surface area contributed by atoms with Gasteiger partial charge in [-0.2, -0.15) is 0 Å². The summed E-state index contributed by atoms with van der Waals surface area (Å²) < 4.78 is 11.6. The minimum absolute atomic E-state index is 0.0133. The van der Waals surface area contributed by atoms with Crippen molar-refractivity contribution in [1.29, 1.82) is 0 Å². The van der Waals surface area contributed by atoms with E-state index in [9.17, 15) is 14.7 Å². The number of rotatable bonds is 6. The van der Waals surface area contributed by atoms with Crippen LogP contribution in [0.3, 0.4) is 0 Å². The molecule has 0 amide bonds. The molecule has 1 aromatic heterocycles. The highest BCUT2D eigenvalue weighted by atomic mass is 16.5. The maximum Gasteiger partial charge on any atom is 0.331 e. The highest BCUT2D eigenvalue weighted by Gasteiger charge is 2.14. The lowest BCUT2D eigenvalue weighted by atomic mass is 10.1. The molecule has 0 radical (unpaired) electrons. The SMILES string of the molecule is COc1ccc(CCn2c(O)c(C=C3C=CC=N3)c(=O)[nH]c2=O)cc1OC. The number of methoxy groups -OCH3 is 2. The van der Waals surface area contributed by atoms with Gasteiger partial charge in [0.15, 0.2) is 11.5 Å². The molecule has 0 saturated carbocycles. The van der Waals surface area contributed by atoms with Crippen LogP contribution in [0.15, 0.2) is 50.6 Å². The predicted molar refractivity (Wildman–Crippen MR) is 102 cm³/mol. The highest BCUT2D eigenvalue weighted by Crippen LogP contribution is 2.28. The normalized spacial score (nSPS) is 14.1. The maximum absolute atomic E-state index is 12.1. The smallest absolute Gasteiger partial charge is 0.331 e. The molecule has 2 heterocycles. The van der Waals surface area contributed by atoms with Crippen molar-refractivity contribution in [1.82, 2.24) is 9.55 Å². The Bertz CT molecular complexity index is 1050. The minimum Gasteiger partial charge on any atom is -0.494 e. The first-order valence-electron chi connectivity index (χ1n) is 8.23. The minimum atomic E-state index is -0.675. The molecule has 0 aliphatic carbocycles. The number of H-pyrrole nitrogens is 1. The van der Waals surface area contributed by atoms with Gasteiger partial charge in [0.05, 0.1) is 19.9 Å². The molecule has 27 heavy (non-hydrogen) atoms. The number of aromatic nitrogens is 2. The number of aromatic hydroxyl groups is 1. The van der Waals surface area contributed by atoms with E-state index < -0.39 is 17.1 Å². The quantitative estimate of drug-likeness (QED) is 0.802. The highest BCUT2D eigenvalue weighted by molar-refractivity contribution is 5.79. The summed E-state index contributed by atoms with van der Waals surface area (Å²) in [7, 11) is 3.09. The second-order valence-electron chi connectivity index (χ2n) is 5.79. The van der Waals surface area contributed by atoms with E-state index in [4.69, 9.17) is 9.47 Å². The van der Waals surface area contributed by atoms with Gasteiger partial charge in [-0.3, -0.25) is 19.3 Å². The van der Waals surface area contributed by atoms with Crippen molar-refractivity contribution in [2.24, 2.45) is 4.99 Å². The molecule has 0 fully saturated rings. The molecule has 1 aliphatic heterocycles. The molecule has 0 unspecified atom stereocenters. The first-order valence-corrected chi connectivity index (χ1v) is 8.23. The van der Waals surface area contributed by atoms with E-state index in [0.717, 1.165) is 10.1 Å². The van der Waals surface area contributed by atoms with Crippen LogP contribution in [0, 0.1) is 0 Å². The summed E-state index contributed by atoms with van der Waals surface area (Å²) in [6.45, 7) is 0.173. The van der Waals surface area contributed by atoms with E-state index in [1.54, 1.807) is 44.7 Å². The first kappa shape index (κ1) is 18.2. The van der Waals surface area contributed by atoms with E-state index in [0.29, 0.717) is 23.6 Å². The van der Waals surface area contributed by atoms with Gasteiger partial charge in [0.1, 0.15) is 5.56 Å². The molecule has 2 aromatic rings. The molecular weight excluding hydrogens is 350 g/mol. The van der Waals surface area contributed by atoms with Crippen LogP contribution in [-0.2, 0) is 13.0 Å². The van der Waals surface area contributed by atoms with Crippen LogP contribution < -0.4 is 20.7 Å². The van der Waals surface area contributed by atoms with Gasteiger partial charge in [0.25, 0.3) is 5.56 Å². The van der Waals surface area contributed by atoms with Crippen LogP contribution in [0.5, 0.6) is 17.4 Å². The van der Waals surface area contributed by atoms with Crippen molar-refractivity contribution >= 4 is 12.3 Å². The number of aryl methyl sites for hydroxylation is 1. The molecule has 0 saturated heterocycles. The number of nitrogens with zero attached hydrogens (tertiary/aromatic N) is 2. The Balaban J connectivity index is 1.90. The predicted octanol–water partition coefficient (Wildman–Crippen LogP) is 1.48. The Kier molecular flexibility index (Phi) is 5.25. The Morgan fingerprint density at radius 1 is 1.22 bits per heavy atom. The van der Waals surface area contributed by atoms with Crippen LogP contribution in [0.2, 0.25) is 0 Å². The third-order valence-electron chi connectivity index (χ3n) is 4.15. The van der Waals surface area contributed by atoms with Gasteiger partial charge < -0.3 is 14.6 Å². The summed E-state index contributed by atoms with van der Waals surface area (Å²) in [5.41, 5.74) is 0.0448. The Hall–Kier alpha value is -3.55. The van der Waals surface area contributed by atoms with Crippen LogP contribution in [-0.4, -0.2) is 35.1 Å². The van der Waals surface area contributed by atoms with Crippen molar-refractivity contribution in [3.8, 4) is 17.4 Å². The van der Waals surface area contributed by atoms with Crippen molar-refractivity contribution in [3.05, 3.63) is 68.0 Å². The molecule has 2 N–H and O–H groups in total. The number of allylic oxidation sites excluding steroid dienone is 2. The van der Waals surface area contributed by atoms with Gasteiger partial charge in [-0.05, 0) is 42.3 Å².